The summed E-state index contributed by atoms with van der Waals surface area (Å²) in [6.45, 7) is 8.37. The summed E-state index contributed by atoms with van der Waals surface area (Å²) in [7, 11) is 4.07. The van der Waals surface area contributed by atoms with Crippen LogP contribution in [0, 0.1) is 13.8 Å². The monoisotopic (exact) mass is 447 g/mol. The van der Waals surface area contributed by atoms with Gasteiger partial charge in [0.15, 0.2) is 0 Å². The number of ether oxygens (including phenoxy) is 1. The van der Waals surface area contributed by atoms with Crippen molar-refractivity contribution in [2.45, 2.75) is 39.7 Å². The van der Waals surface area contributed by atoms with E-state index >= 15 is 0 Å². The summed E-state index contributed by atoms with van der Waals surface area (Å²) in [5.74, 6) is 0.224. The topological polar surface area (TPSA) is 53.1 Å². The maximum absolute atomic E-state index is 13.9. The second kappa shape index (κ2) is 9.40. The fourth-order valence-electron chi connectivity index (χ4n) is 4.73. The Morgan fingerprint density at radius 3 is 2.30 bits per heavy atom. The zero-order chi connectivity index (χ0) is 23.7. The van der Waals surface area contributed by atoms with Gasteiger partial charge in [0.25, 0.3) is 11.8 Å². The van der Waals surface area contributed by atoms with E-state index in [-0.39, 0.29) is 17.9 Å². The Balaban J connectivity index is 1.79. The summed E-state index contributed by atoms with van der Waals surface area (Å²) in [5.41, 5.74) is 4.25. The zero-order valence-electron chi connectivity index (χ0n) is 20.2. The number of likely N-dealkylation sites (tertiary alicyclic amines) is 1. The summed E-state index contributed by atoms with van der Waals surface area (Å²) in [6, 6.07) is 13.6. The molecule has 2 aliphatic heterocycles. The molecule has 0 bridgehead atoms. The van der Waals surface area contributed by atoms with Crippen LogP contribution >= 0.6 is 0 Å². The molecule has 174 valence electrons. The van der Waals surface area contributed by atoms with E-state index in [1.807, 2.05) is 75.2 Å². The van der Waals surface area contributed by atoms with Crippen molar-refractivity contribution >= 4 is 23.1 Å². The Morgan fingerprint density at radius 2 is 1.67 bits per heavy atom. The van der Waals surface area contributed by atoms with Gasteiger partial charge in [-0.05, 0) is 88.6 Å². The first-order valence-electron chi connectivity index (χ1n) is 11.7. The molecule has 2 aromatic rings. The van der Waals surface area contributed by atoms with Crippen molar-refractivity contribution in [1.82, 2.24) is 9.80 Å². The summed E-state index contributed by atoms with van der Waals surface area (Å²) >= 11 is 0. The number of imide groups is 1. The van der Waals surface area contributed by atoms with Gasteiger partial charge in [0, 0.05) is 13.1 Å². The van der Waals surface area contributed by atoms with Gasteiger partial charge in [-0.3, -0.25) is 9.59 Å². The molecule has 0 radical (unpaired) electrons. The molecule has 33 heavy (non-hydrogen) atoms. The number of carbonyl (C=O) groups is 2. The van der Waals surface area contributed by atoms with E-state index in [0.29, 0.717) is 23.6 Å². The van der Waals surface area contributed by atoms with Gasteiger partial charge in [-0.15, -0.1) is 0 Å². The number of hydrogen-bond acceptors (Lipinski definition) is 5. The largest absolute Gasteiger partial charge is 0.494 e. The van der Waals surface area contributed by atoms with Crippen LogP contribution in [0.4, 0.5) is 5.69 Å². The molecule has 1 saturated heterocycles. The molecule has 6 nitrogen and oxygen atoms in total. The van der Waals surface area contributed by atoms with E-state index in [0.717, 1.165) is 48.4 Å². The third-order valence-electron chi connectivity index (χ3n) is 6.71. The predicted molar refractivity (Wildman–Crippen MR) is 131 cm³/mol. The molecule has 4 rings (SSSR count). The molecule has 0 unspecified atom stereocenters. The molecule has 0 saturated carbocycles. The van der Waals surface area contributed by atoms with E-state index < -0.39 is 0 Å². The lowest BCUT2D eigenvalue weighted by Crippen LogP contribution is -2.43. The predicted octanol–water partition coefficient (Wildman–Crippen LogP) is 4.01. The molecular formula is C27H33N3O3. The molecule has 0 N–H and O–H groups in total. The van der Waals surface area contributed by atoms with Crippen LogP contribution in [0.5, 0.6) is 5.75 Å². The lowest BCUT2D eigenvalue weighted by atomic mass is 10.00. The number of benzene rings is 2. The lowest BCUT2D eigenvalue weighted by Gasteiger charge is -2.36. The average Bonchev–Trinajstić information content (AvgIpc) is 3.06. The van der Waals surface area contributed by atoms with Crippen molar-refractivity contribution in [2.75, 3.05) is 38.7 Å². The maximum Gasteiger partial charge on any atom is 0.282 e. The standard InChI is InChI=1S/C27H33N3O3/c1-6-33-22-11-9-20(10-12-22)24-25(29(5)21-13-15-28(4)16-14-21)27(32)30(26(24)31)23-17-18(2)7-8-19(23)3/h7-12,17,21H,6,13-16H2,1-5H3. The number of likely N-dealkylation sites (N-methyl/N-ethyl adjacent to an activating group) is 1. The molecule has 2 aliphatic rings. The minimum Gasteiger partial charge on any atom is -0.494 e. The Kier molecular flexibility index (Phi) is 6.56. The Labute approximate surface area is 196 Å². The van der Waals surface area contributed by atoms with Gasteiger partial charge in [-0.25, -0.2) is 4.90 Å². The van der Waals surface area contributed by atoms with Crippen LogP contribution in [0.25, 0.3) is 5.57 Å². The van der Waals surface area contributed by atoms with E-state index in [1.165, 1.54) is 4.90 Å². The minimum atomic E-state index is -0.271. The van der Waals surface area contributed by atoms with Gasteiger partial charge in [0.05, 0.1) is 17.9 Å². The summed E-state index contributed by atoms with van der Waals surface area (Å²) in [6.07, 6.45) is 1.91. The van der Waals surface area contributed by atoms with Crippen LogP contribution < -0.4 is 9.64 Å². The normalized spacial score (nSPS) is 17.8. The van der Waals surface area contributed by atoms with Crippen LogP contribution in [0.15, 0.2) is 48.2 Å². The number of hydrogen-bond donors (Lipinski definition) is 0. The SMILES string of the molecule is CCOc1ccc(C2=C(N(C)C3CCN(C)CC3)C(=O)N(c3cc(C)ccc3C)C2=O)cc1. The number of amides is 2. The molecule has 2 heterocycles. The first-order chi connectivity index (χ1) is 15.8. The highest BCUT2D eigenvalue weighted by Gasteiger charge is 2.43. The first-order valence-corrected chi connectivity index (χ1v) is 11.7. The van der Waals surface area contributed by atoms with E-state index in [1.54, 1.807) is 0 Å². The number of piperidine rings is 1. The van der Waals surface area contributed by atoms with Gasteiger partial charge < -0.3 is 14.5 Å². The second-order valence-electron chi connectivity index (χ2n) is 9.06. The quantitative estimate of drug-likeness (QED) is 0.627. The van der Waals surface area contributed by atoms with E-state index in [4.69, 9.17) is 4.74 Å². The fourth-order valence-corrected chi connectivity index (χ4v) is 4.73. The highest BCUT2D eigenvalue weighted by molar-refractivity contribution is 6.45. The third-order valence-corrected chi connectivity index (χ3v) is 6.71. The first kappa shape index (κ1) is 23.1. The molecule has 1 fully saturated rings. The molecule has 0 atom stereocenters. The number of carbonyl (C=O) groups excluding carboxylic acids is 2. The van der Waals surface area contributed by atoms with Crippen LogP contribution in [0.3, 0.4) is 0 Å². The number of anilines is 1. The molecule has 2 aromatic carbocycles. The number of nitrogens with zero attached hydrogens (tertiary/aromatic N) is 3. The highest BCUT2D eigenvalue weighted by atomic mass is 16.5. The Morgan fingerprint density at radius 1 is 1.00 bits per heavy atom. The van der Waals surface area contributed by atoms with Gasteiger partial charge in [-0.1, -0.05) is 24.3 Å². The minimum absolute atomic E-state index is 0.212. The Bertz CT molecular complexity index is 1080. The molecule has 0 aromatic heterocycles. The van der Waals surface area contributed by atoms with Crippen molar-refractivity contribution in [1.29, 1.82) is 0 Å². The smallest absolute Gasteiger partial charge is 0.282 e. The van der Waals surface area contributed by atoms with Gasteiger partial charge in [0.1, 0.15) is 11.4 Å². The van der Waals surface area contributed by atoms with Crippen LogP contribution in [0.1, 0.15) is 36.5 Å². The maximum atomic E-state index is 13.9. The van der Waals surface area contributed by atoms with Crippen LogP contribution in [-0.2, 0) is 9.59 Å². The fraction of sp³-hybridized carbons (Fsp3) is 0.407. The molecule has 2 amide bonds. The van der Waals surface area contributed by atoms with Gasteiger partial charge >= 0.3 is 0 Å². The van der Waals surface area contributed by atoms with Crippen molar-refractivity contribution < 1.29 is 14.3 Å². The lowest BCUT2D eigenvalue weighted by molar-refractivity contribution is -0.120. The summed E-state index contributed by atoms with van der Waals surface area (Å²) in [4.78, 5) is 33.4. The van der Waals surface area contributed by atoms with Gasteiger partial charge in [-0.2, -0.15) is 0 Å². The van der Waals surface area contributed by atoms with Crippen molar-refractivity contribution in [3.05, 3.63) is 64.9 Å². The molecule has 0 spiro atoms. The zero-order valence-corrected chi connectivity index (χ0v) is 20.2. The molecule has 6 heteroatoms. The molecule has 0 aliphatic carbocycles. The average molecular weight is 448 g/mol. The van der Waals surface area contributed by atoms with Crippen molar-refractivity contribution in [3.63, 3.8) is 0 Å². The molecular weight excluding hydrogens is 414 g/mol. The number of rotatable bonds is 6. The highest BCUT2D eigenvalue weighted by Crippen LogP contribution is 2.37. The number of aryl methyl sites for hydroxylation is 2. The van der Waals surface area contributed by atoms with Crippen molar-refractivity contribution in [2.24, 2.45) is 0 Å². The summed E-state index contributed by atoms with van der Waals surface area (Å²) < 4.78 is 5.58. The van der Waals surface area contributed by atoms with Gasteiger partial charge in [0.2, 0.25) is 0 Å². The Hall–Kier alpha value is -3.12. The summed E-state index contributed by atoms with van der Waals surface area (Å²) in [5, 5.41) is 0. The van der Waals surface area contributed by atoms with E-state index in [2.05, 4.69) is 11.9 Å². The van der Waals surface area contributed by atoms with Crippen molar-refractivity contribution in [3.8, 4) is 5.75 Å². The van der Waals surface area contributed by atoms with E-state index in [9.17, 15) is 9.59 Å². The van der Waals surface area contributed by atoms with Crippen LogP contribution in [0.2, 0.25) is 0 Å². The third kappa shape index (κ3) is 4.40. The second-order valence-corrected chi connectivity index (χ2v) is 9.06. The van der Waals surface area contributed by atoms with Crippen LogP contribution in [-0.4, -0.2) is 61.4 Å².